The number of hydrogen-bond acceptors (Lipinski definition) is 24. The second-order valence-corrected chi connectivity index (χ2v) is 48.7. The third-order valence-corrected chi connectivity index (χ3v) is 36.2. The van der Waals surface area contributed by atoms with Gasteiger partial charge >= 0.3 is 124 Å². The van der Waals surface area contributed by atoms with Gasteiger partial charge in [-0.15, -0.1) is 3.89 Å². The van der Waals surface area contributed by atoms with Crippen molar-refractivity contribution in [2.24, 2.45) is 103 Å². The van der Waals surface area contributed by atoms with E-state index in [4.69, 9.17) is 51.2 Å². The molecule has 24 nitrogen and oxygen atoms in total. The van der Waals surface area contributed by atoms with Gasteiger partial charge in [0, 0.05) is 40.0 Å². The Morgan fingerprint density at radius 3 is 1.35 bits per heavy atom. The predicted molar refractivity (Wildman–Crippen MR) is 494 cm³/mol. The maximum absolute atomic E-state index is 13.9. The number of phenols is 1. The van der Waals surface area contributed by atoms with Gasteiger partial charge in [0.05, 0.1) is 49.9 Å². The summed E-state index contributed by atoms with van der Waals surface area (Å²) in [4.78, 5) is 100. The summed E-state index contributed by atoms with van der Waals surface area (Å²) in [5.41, 5.74) is -7.72. The molecule has 38 heteroatoms. The smallest absolute Gasteiger partial charge is 0.743 e. The molecule has 1 N–H and O–H groups in total. The van der Waals surface area contributed by atoms with E-state index in [1.54, 1.807) is 46.8 Å². The number of fused-ring (bicyclic) bond motifs is 13. The van der Waals surface area contributed by atoms with Gasteiger partial charge in [0.15, 0.2) is 36.6 Å². The Hall–Kier alpha value is -6.45. The molecule has 14 bridgehead atoms. The number of carbonyl (C=O) groups is 8. The quantitative estimate of drug-likeness (QED) is 0.00876. The van der Waals surface area contributed by atoms with E-state index in [0.29, 0.717) is 82.3 Å². The number of phenolic OH excluding ortho intramolecular Hbond substituents is 1. The Morgan fingerprint density at radius 2 is 0.922 bits per heavy atom. The molecule has 12 saturated carbocycles. The number of halogens is 10. The van der Waals surface area contributed by atoms with Gasteiger partial charge in [-0.05, 0) is 324 Å². The van der Waals surface area contributed by atoms with Gasteiger partial charge in [-0.25, -0.2) is 21.2 Å². The number of benzene rings is 4. The molecular weight excluding hydrogens is 1990 g/mol. The molecule has 0 radical (unpaired) electrons. The Morgan fingerprint density at radius 1 is 0.504 bits per heavy atom. The number of alkyl halides is 9. The summed E-state index contributed by atoms with van der Waals surface area (Å²) < 4.78 is 238. The van der Waals surface area contributed by atoms with Crippen molar-refractivity contribution in [1.29, 1.82) is 0 Å². The second-order valence-electron chi connectivity index (χ2n) is 44.5. The summed E-state index contributed by atoms with van der Waals surface area (Å²) in [6, 6.07) is 34.5. The molecule has 0 spiro atoms. The number of rotatable bonds is 24. The van der Waals surface area contributed by atoms with E-state index in [9.17, 15) is 94.7 Å². The Bertz CT molecular complexity index is 5500. The minimum absolute atomic E-state index is 0. The van der Waals surface area contributed by atoms with Crippen LogP contribution < -0.4 is 62.9 Å². The summed E-state index contributed by atoms with van der Waals surface area (Å²) >= 11 is 0. The summed E-state index contributed by atoms with van der Waals surface area (Å²) in [6.45, 7) is 28.5. The zero-order valence-corrected chi connectivity index (χ0v) is 90.5. The minimum atomic E-state index is -6.78. The summed E-state index contributed by atoms with van der Waals surface area (Å²) in [5.74, 6) is 1.41. The van der Waals surface area contributed by atoms with Gasteiger partial charge in [0.25, 0.3) is 16.6 Å². The fourth-order valence-electron chi connectivity index (χ4n) is 24.3. The zero-order valence-electron chi connectivity index (χ0n) is 83.1. The first-order valence-electron chi connectivity index (χ1n) is 48.7. The molecule has 4 heterocycles. The topological polar surface area (TPSA) is 354 Å². The predicted octanol–water partition coefficient (Wildman–Crippen LogP) is 19.4. The van der Waals surface area contributed by atoms with Gasteiger partial charge in [-0.2, -0.15) is 35.1 Å². The van der Waals surface area contributed by atoms with E-state index in [1.807, 2.05) is 62.3 Å². The molecule has 15 aliphatic rings. The molecular formula is C103H133F10O24RbS3. The Kier molecular flexibility index (Phi) is 35.0. The molecule has 4 aromatic carbocycles. The fourth-order valence-corrected chi connectivity index (χ4v) is 27.1. The normalized spacial score (nSPS) is 30.7. The van der Waals surface area contributed by atoms with Crippen LogP contribution in [0.1, 0.15) is 265 Å². The molecule has 778 valence electrons. The molecule has 12 aliphatic carbocycles. The molecule has 141 heavy (non-hydrogen) atoms. The van der Waals surface area contributed by atoms with Gasteiger partial charge in [0.2, 0.25) is 6.10 Å². The van der Waals surface area contributed by atoms with E-state index in [1.165, 1.54) is 62.9 Å². The Labute approximate surface area is 870 Å². The van der Waals surface area contributed by atoms with Crippen LogP contribution in [-0.2, 0) is 96.9 Å². The molecule has 18 unspecified atom stereocenters. The van der Waals surface area contributed by atoms with E-state index in [2.05, 4.69) is 102 Å². The van der Waals surface area contributed by atoms with Crippen molar-refractivity contribution >= 4 is 99.0 Å². The summed E-state index contributed by atoms with van der Waals surface area (Å²) in [7, 11) is -12.1. The van der Waals surface area contributed by atoms with Crippen LogP contribution in [-0.4, -0.2) is 157 Å². The second kappa shape index (κ2) is 43.0. The number of ether oxygens (including phenoxy) is 9. The van der Waals surface area contributed by atoms with Crippen molar-refractivity contribution in [3.05, 3.63) is 103 Å². The van der Waals surface area contributed by atoms with Crippen molar-refractivity contribution in [3.63, 3.8) is 0 Å². The van der Waals surface area contributed by atoms with Crippen molar-refractivity contribution < 1.29 is 214 Å². The number of esters is 8. The van der Waals surface area contributed by atoms with Crippen molar-refractivity contribution in [1.82, 2.24) is 0 Å². The first-order chi connectivity index (χ1) is 64.9. The molecule has 0 amide bonds. The van der Waals surface area contributed by atoms with Crippen molar-refractivity contribution in [2.45, 2.75) is 336 Å². The van der Waals surface area contributed by atoms with Crippen LogP contribution in [0.5, 0.6) is 11.5 Å². The van der Waals surface area contributed by atoms with Crippen LogP contribution in [0, 0.1) is 103 Å². The maximum Gasteiger partial charge on any atom is 1.00 e. The molecule has 5 aromatic rings. The van der Waals surface area contributed by atoms with Gasteiger partial charge in [-0.1, -0.05) is 84.0 Å². The van der Waals surface area contributed by atoms with Crippen molar-refractivity contribution in [2.75, 3.05) is 6.67 Å². The maximum atomic E-state index is 13.9. The molecule has 15 fully saturated rings. The average molecular weight is 2130 g/mol. The van der Waals surface area contributed by atoms with Crippen LogP contribution in [0.3, 0.4) is 0 Å². The van der Waals surface area contributed by atoms with Crippen LogP contribution in [0.4, 0.5) is 43.4 Å². The number of aromatic hydroxyl groups is 1. The first-order valence-corrected chi connectivity index (χ1v) is 52.7. The van der Waals surface area contributed by atoms with Crippen LogP contribution in [0.2, 0.25) is 0 Å². The van der Waals surface area contributed by atoms with E-state index >= 15 is 0 Å². The number of hydrogen-bond donors (Lipinski definition) is 1. The zero-order chi connectivity index (χ0) is 104. The van der Waals surface area contributed by atoms with E-state index in [0.717, 1.165) is 61.7 Å². The average Bonchev–Trinajstić information content (AvgIpc) is 1.61. The number of carbonyl (C=O) groups excluding carboxylic acids is 8. The fraction of sp³-hybridized carbons (Fsp3) is 0.689. The van der Waals surface area contributed by atoms with E-state index in [-0.39, 0.29) is 183 Å². The minimum Gasteiger partial charge on any atom is -0.743 e. The van der Waals surface area contributed by atoms with Crippen LogP contribution in [0.25, 0.3) is 25.1 Å². The monoisotopic (exact) mass is 2120 g/mol. The largest absolute Gasteiger partial charge is 1.00 e. The van der Waals surface area contributed by atoms with Crippen LogP contribution >= 0.6 is 10.5 Å². The molecule has 20 rings (SSSR count). The summed E-state index contributed by atoms with van der Waals surface area (Å²) in [6.07, 6.45) is -3.06. The van der Waals surface area contributed by atoms with Gasteiger partial charge in [0.1, 0.15) is 41.1 Å². The van der Waals surface area contributed by atoms with Gasteiger partial charge < -0.3 is 56.8 Å². The molecule has 3 aliphatic heterocycles. The van der Waals surface area contributed by atoms with Crippen LogP contribution in [0.15, 0.2) is 103 Å². The SMILES string of the molecule is CCC(C)(C)C(=O)OC1(CC)CC2CC1C1C3CCC(C3)C21.CCC(C)(C)C(=O)OC12CC3CC(C1)CC(C(=O)OC(C(F)(F)F)C(F)(F)S(=O)(=O)[O-])(C3)C2.CCC(C)(C)C(=O)OC12CC3CC(C1)CC(C(=O)OC(CF)C(F)(F)F)(C3)C2.CCC(C)(C)C(=O)OC1C2CC3C(=O)OC1C3O2.CCC(C)(C)C(=O)Oc1ccc(O)cc1.O=S(=O)([O-])F.[Rb+].c1ccc(-[s+]2c3ccccc3c3ccccc32)cc1. The molecule has 18 atom stereocenters. The number of thiophene rings is 1. The standard InChI is InChI=1S/C20H27F5O7S.C20H28F4O4.C20H32O2.C18H13S.C13H18O5.C12H16O3.FHO3S.Rb/c1-4-16(2,3)14(26)32-18-8-11-5-12(9-18)7-17(6-11,10-18)15(27)31-13(19(21,22)23)20(24,25)33(28,29)30;1-4-17(2,3)15(25)28-19-8-12-5-13(9-19)7-18(6-12,11-19)16(26)27-14(10-21)20(22,23)24;1-5-19(3,4)18(21)22-20(6-2)11-14-10-15(20)17-13-8-7-12(9-13)16(14)17;1-2-8-14(9-3-1)19-17-12-6-4-10-15(17)16-11-5-7-13-18(16)19;1-4-13(2,3)12(15)18-9-7-5-6-8(16-7)10(9)17-11(6)14;1-4-12(2,3)11(14)15-10-7-5-9(13)6-8-10;1-5(2,3)4;/h11-13H,4-10H2,1-3H3,(H,28,29,30);12-14H,4-11H2,1-3H3;12-17H,5-11H2,1-4H3;1-13H;6-10H,4-5H2,1-3H3;5-8,13H,4H2,1-3H3;(H,2,3,4);/q;;;+1;;;;+1/p-2. The molecule has 3 saturated heterocycles. The third-order valence-electron chi connectivity index (χ3n) is 32.9. The molecule has 1 aromatic heterocycles. The third kappa shape index (κ3) is 24.8. The van der Waals surface area contributed by atoms with Gasteiger partial charge in [-0.3, -0.25) is 38.4 Å². The van der Waals surface area contributed by atoms with E-state index < -0.39 is 131 Å². The first kappa shape index (κ1) is 115. The summed E-state index contributed by atoms with van der Waals surface area (Å²) in [5, 5.41) is 5.94. The van der Waals surface area contributed by atoms with Crippen molar-refractivity contribution in [3.8, 4) is 16.4 Å². The Balaban J connectivity index is 0.000000162.